The zero-order valence-electron chi connectivity index (χ0n) is 12.0. The molecule has 0 aliphatic rings. The van der Waals surface area contributed by atoms with E-state index >= 15 is 0 Å². The van der Waals surface area contributed by atoms with E-state index in [9.17, 15) is 0 Å². The van der Waals surface area contributed by atoms with Crippen molar-refractivity contribution in [2.75, 3.05) is 19.8 Å². The van der Waals surface area contributed by atoms with Crippen molar-refractivity contribution >= 4 is 0 Å². The Kier molecular flexibility index (Phi) is 5.50. The summed E-state index contributed by atoms with van der Waals surface area (Å²) in [6.45, 7) is 5.97. The Bertz CT molecular complexity index is 496. The van der Waals surface area contributed by atoms with Crippen LogP contribution in [0.15, 0.2) is 47.1 Å². The maximum Gasteiger partial charge on any atom is 0.161 e. The van der Waals surface area contributed by atoms with E-state index in [-0.39, 0.29) is 6.04 Å². The third-order valence-electron chi connectivity index (χ3n) is 2.93. The molecule has 2 aromatic rings. The Morgan fingerprint density at radius 3 is 2.50 bits per heavy atom. The van der Waals surface area contributed by atoms with Crippen LogP contribution in [0.1, 0.15) is 25.6 Å². The molecule has 2 rings (SSSR count). The fraction of sp³-hybridized carbons (Fsp3) is 0.375. The highest BCUT2D eigenvalue weighted by molar-refractivity contribution is 5.39. The Balaban J connectivity index is 1.76. The van der Waals surface area contributed by atoms with Crippen molar-refractivity contribution in [3.8, 4) is 11.5 Å². The second-order valence-electron chi connectivity index (χ2n) is 4.42. The summed E-state index contributed by atoms with van der Waals surface area (Å²) in [5.74, 6) is 2.50. The summed E-state index contributed by atoms with van der Waals surface area (Å²) in [6, 6.07) is 11.7. The smallest absolute Gasteiger partial charge is 0.161 e. The summed E-state index contributed by atoms with van der Waals surface area (Å²) in [6.07, 6.45) is 1.68. The number of hydrogen-bond acceptors (Lipinski definition) is 4. The molecule has 20 heavy (non-hydrogen) atoms. The molecule has 108 valence electrons. The molecule has 1 atom stereocenters. The molecule has 1 N–H and O–H groups in total. The minimum atomic E-state index is 0.177. The minimum absolute atomic E-state index is 0.177. The van der Waals surface area contributed by atoms with E-state index in [2.05, 4.69) is 12.2 Å². The van der Waals surface area contributed by atoms with Gasteiger partial charge in [-0.25, -0.2) is 0 Å². The standard InChI is InChI=1S/C16H21NO3/c1-3-18-15-7-4-5-8-16(15)20-12-10-17-13(2)14-9-6-11-19-14/h4-9,11,13,17H,3,10,12H2,1-2H3/t13-/m0/s1. The molecule has 0 aliphatic heterocycles. The van der Waals surface area contributed by atoms with Crippen LogP contribution < -0.4 is 14.8 Å². The van der Waals surface area contributed by atoms with Gasteiger partial charge in [0, 0.05) is 6.54 Å². The maximum atomic E-state index is 5.74. The second kappa shape index (κ2) is 7.60. The average molecular weight is 275 g/mol. The first-order chi connectivity index (χ1) is 9.81. The maximum absolute atomic E-state index is 5.74. The van der Waals surface area contributed by atoms with Gasteiger partial charge in [-0.2, -0.15) is 0 Å². The minimum Gasteiger partial charge on any atom is -0.490 e. The summed E-state index contributed by atoms with van der Waals surface area (Å²) in [5, 5.41) is 3.35. The van der Waals surface area contributed by atoms with Crippen molar-refractivity contribution in [1.29, 1.82) is 0 Å². The van der Waals surface area contributed by atoms with Crippen LogP contribution in [0.2, 0.25) is 0 Å². The van der Waals surface area contributed by atoms with Crippen molar-refractivity contribution in [3.63, 3.8) is 0 Å². The van der Waals surface area contributed by atoms with Crippen molar-refractivity contribution in [3.05, 3.63) is 48.4 Å². The van der Waals surface area contributed by atoms with Crippen LogP contribution in [-0.2, 0) is 0 Å². The molecule has 0 unspecified atom stereocenters. The lowest BCUT2D eigenvalue weighted by Gasteiger charge is -2.14. The molecule has 0 fully saturated rings. The molecule has 4 nitrogen and oxygen atoms in total. The summed E-state index contributed by atoms with van der Waals surface area (Å²) in [5.41, 5.74) is 0. The van der Waals surface area contributed by atoms with Crippen LogP contribution in [0.4, 0.5) is 0 Å². The lowest BCUT2D eigenvalue weighted by atomic mass is 10.2. The van der Waals surface area contributed by atoms with Crippen molar-refractivity contribution < 1.29 is 13.9 Å². The predicted octanol–water partition coefficient (Wildman–Crippen LogP) is 3.41. The Labute approximate surface area is 119 Å². The quantitative estimate of drug-likeness (QED) is 0.750. The molecule has 0 bridgehead atoms. The molecule has 0 saturated carbocycles. The van der Waals surface area contributed by atoms with Gasteiger partial charge in [0.25, 0.3) is 0 Å². The van der Waals surface area contributed by atoms with Gasteiger partial charge in [0.05, 0.1) is 18.9 Å². The normalized spacial score (nSPS) is 12.1. The van der Waals surface area contributed by atoms with Gasteiger partial charge in [-0.15, -0.1) is 0 Å². The van der Waals surface area contributed by atoms with Crippen LogP contribution in [0, 0.1) is 0 Å². The zero-order valence-corrected chi connectivity index (χ0v) is 12.0. The number of rotatable bonds is 8. The molecule has 1 heterocycles. The topological polar surface area (TPSA) is 43.6 Å². The van der Waals surface area contributed by atoms with Gasteiger partial charge in [-0.05, 0) is 38.1 Å². The number of furan rings is 1. The van der Waals surface area contributed by atoms with Crippen LogP contribution in [0.25, 0.3) is 0 Å². The Hall–Kier alpha value is -1.94. The zero-order chi connectivity index (χ0) is 14.2. The van der Waals surface area contributed by atoms with Crippen LogP contribution in [0.3, 0.4) is 0 Å². The van der Waals surface area contributed by atoms with Gasteiger partial charge in [0.2, 0.25) is 0 Å². The fourth-order valence-corrected chi connectivity index (χ4v) is 1.92. The van der Waals surface area contributed by atoms with Crippen molar-refractivity contribution in [1.82, 2.24) is 5.32 Å². The second-order valence-corrected chi connectivity index (χ2v) is 4.42. The Morgan fingerprint density at radius 2 is 1.85 bits per heavy atom. The summed E-state index contributed by atoms with van der Waals surface area (Å²) < 4.78 is 16.6. The van der Waals surface area contributed by atoms with E-state index in [1.807, 2.05) is 43.3 Å². The van der Waals surface area contributed by atoms with Crippen LogP contribution in [-0.4, -0.2) is 19.8 Å². The predicted molar refractivity (Wildman–Crippen MR) is 78.2 cm³/mol. The molecule has 0 amide bonds. The van der Waals surface area contributed by atoms with E-state index in [0.29, 0.717) is 13.2 Å². The van der Waals surface area contributed by atoms with E-state index in [0.717, 1.165) is 23.8 Å². The number of ether oxygens (including phenoxy) is 2. The number of benzene rings is 1. The van der Waals surface area contributed by atoms with Gasteiger partial charge in [-0.3, -0.25) is 0 Å². The monoisotopic (exact) mass is 275 g/mol. The first-order valence-electron chi connectivity index (χ1n) is 6.92. The van der Waals surface area contributed by atoms with E-state index in [1.54, 1.807) is 6.26 Å². The van der Waals surface area contributed by atoms with Gasteiger partial charge in [-0.1, -0.05) is 12.1 Å². The molecular formula is C16H21NO3. The van der Waals surface area contributed by atoms with Crippen LogP contribution >= 0.6 is 0 Å². The average Bonchev–Trinajstić information content (AvgIpc) is 2.99. The van der Waals surface area contributed by atoms with Crippen LogP contribution in [0.5, 0.6) is 11.5 Å². The highest BCUT2D eigenvalue weighted by atomic mass is 16.5. The van der Waals surface area contributed by atoms with Crippen molar-refractivity contribution in [2.24, 2.45) is 0 Å². The molecule has 0 spiro atoms. The van der Waals surface area contributed by atoms with Gasteiger partial charge >= 0.3 is 0 Å². The van der Waals surface area contributed by atoms with E-state index < -0.39 is 0 Å². The molecule has 0 radical (unpaired) electrons. The first-order valence-corrected chi connectivity index (χ1v) is 6.92. The summed E-state index contributed by atoms with van der Waals surface area (Å²) in [4.78, 5) is 0. The van der Waals surface area contributed by atoms with Gasteiger partial charge in [0.15, 0.2) is 11.5 Å². The Morgan fingerprint density at radius 1 is 1.10 bits per heavy atom. The molecule has 0 saturated heterocycles. The first kappa shape index (κ1) is 14.5. The highest BCUT2D eigenvalue weighted by Gasteiger charge is 2.07. The third-order valence-corrected chi connectivity index (χ3v) is 2.93. The molecule has 4 heteroatoms. The lowest BCUT2D eigenvalue weighted by molar-refractivity contribution is 0.270. The lowest BCUT2D eigenvalue weighted by Crippen LogP contribution is -2.24. The molecule has 0 aliphatic carbocycles. The van der Waals surface area contributed by atoms with Gasteiger partial charge < -0.3 is 19.2 Å². The summed E-state index contributed by atoms with van der Waals surface area (Å²) >= 11 is 0. The third kappa shape index (κ3) is 4.03. The molecular weight excluding hydrogens is 254 g/mol. The van der Waals surface area contributed by atoms with Crippen molar-refractivity contribution in [2.45, 2.75) is 19.9 Å². The SMILES string of the molecule is CCOc1ccccc1OCCN[C@@H](C)c1ccco1. The molecule has 1 aromatic heterocycles. The van der Waals surface area contributed by atoms with E-state index in [1.165, 1.54) is 0 Å². The number of nitrogens with one attached hydrogen (secondary N) is 1. The summed E-state index contributed by atoms with van der Waals surface area (Å²) in [7, 11) is 0. The van der Waals surface area contributed by atoms with E-state index in [4.69, 9.17) is 13.9 Å². The largest absolute Gasteiger partial charge is 0.490 e. The number of para-hydroxylation sites is 2. The van der Waals surface area contributed by atoms with Gasteiger partial charge in [0.1, 0.15) is 12.4 Å². The highest BCUT2D eigenvalue weighted by Crippen LogP contribution is 2.26. The number of hydrogen-bond donors (Lipinski definition) is 1. The fourth-order valence-electron chi connectivity index (χ4n) is 1.92. The molecule has 1 aromatic carbocycles.